The van der Waals surface area contributed by atoms with Crippen LogP contribution < -0.4 is 10.4 Å². The van der Waals surface area contributed by atoms with E-state index in [2.05, 4.69) is 0 Å². The second kappa shape index (κ2) is 5.56. The van der Waals surface area contributed by atoms with Crippen LogP contribution in [0, 0.1) is 0 Å². The highest BCUT2D eigenvalue weighted by molar-refractivity contribution is 5.83. The molecule has 0 aliphatic carbocycles. The van der Waals surface area contributed by atoms with Crippen LogP contribution in [0.25, 0.3) is 11.0 Å². The Morgan fingerprint density at radius 1 is 1.37 bits per heavy atom. The molecule has 5 nitrogen and oxygen atoms in total. The molecule has 0 aliphatic heterocycles. The molecule has 0 N–H and O–H groups in total. The van der Waals surface area contributed by atoms with Crippen molar-refractivity contribution in [1.82, 2.24) is 0 Å². The van der Waals surface area contributed by atoms with Crippen LogP contribution in [0.15, 0.2) is 39.5 Å². The standard InChI is InChI=1S/C14H14O5/c1-3-17-14(16)9(2)18-12-8-13(15)19-11-7-5-4-6-10(11)12/h4-9H,3H2,1-2H3/t9-/m0/s1. The van der Waals surface area contributed by atoms with Gasteiger partial charge in [-0.05, 0) is 26.0 Å². The SMILES string of the molecule is CCOC(=O)[C@H](C)Oc1cc(=O)oc2ccccc12. The van der Waals surface area contributed by atoms with Gasteiger partial charge in [0.1, 0.15) is 11.3 Å². The molecule has 100 valence electrons. The highest BCUT2D eigenvalue weighted by Gasteiger charge is 2.17. The summed E-state index contributed by atoms with van der Waals surface area (Å²) in [5, 5.41) is 0.637. The van der Waals surface area contributed by atoms with E-state index in [9.17, 15) is 9.59 Å². The highest BCUT2D eigenvalue weighted by atomic mass is 16.6. The maximum absolute atomic E-state index is 11.5. The fraction of sp³-hybridized carbons (Fsp3) is 0.286. The molecule has 19 heavy (non-hydrogen) atoms. The number of carbonyl (C=O) groups is 1. The molecule has 0 fully saturated rings. The Bertz CT molecular complexity index is 644. The largest absolute Gasteiger partial charge is 0.478 e. The van der Waals surface area contributed by atoms with E-state index < -0.39 is 17.7 Å². The summed E-state index contributed by atoms with van der Waals surface area (Å²) >= 11 is 0. The summed E-state index contributed by atoms with van der Waals surface area (Å²) in [6.45, 7) is 3.57. The van der Waals surface area contributed by atoms with E-state index in [-0.39, 0.29) is 6.61 Å². The Morgan fingerprint density at radius 3 is 2.84 bits per heavy atom. The van der Waals surface area contributed by atoms with Crippen LogP contribution in [0.1, 0.15) is 13.8 Å². The van der Waals surface area contributed by atoms with E-state index in [0.717, 1.165) is 0 Å². The van der Waals surface area contributed by atoms with E-state index in [4.69, 9.17) is 13.9 Å². The van der Waals surface area contributed by atoms with Gasteiger partial charge in [0.05, 0.1) is 18.1 Å². The Balaban J connectivity index is 2.34. The van der Waals surface area contributed by atoms with Crippen LogP contribution in [0.4, 0.5) is 0 Å². The van der Waals surface area contributed by atoms with Gasteiger partial charge < -0.3 is 13.9 Å². The summed E-state index contributed by atoms with van der Waals surface area (Å²) in [5.41, 5.74) is -0.106. The first kappa shape index (κ1) is 13.1. The van der Waals surface area contributed by atoms with Crippen LogP contribution in [0.3, 0.4) is 0 Å². The van der Waals surface area contributed by atoms with E-state index in [1.165, 1.54) is 6.07 Å². The molecule has 0 unspecified atom stereocenters. The molecule has 0 radical (unpaired) electrons. The van der Waals surface area contributed by atoms with Crippen molar-refractivity contribution in [3.05, 3.63) is 40.8 Å². The molecule has 0 amide bonds. The van der Waals surface area contributed by atoms with Crippen LogP contribution in [-0.2, 0) is 9.53 Å². The van der Waals surface area contributed by atoms with Gasteiger partial charge in [0.2, 0.25) is 0 Å². The Hall–Kier alpha value is -2.30. The average molecular weight is 262 g/mol. The minimum atomic E-state index is -0.787. The summed E-state index contributed by atoms with van der Waals surface area (Å²) in [6, 6.07) is 8.19. The minimum absolute atomic E-state index is 0.282. The molecular weight excluding hydrogens is 248 g/mol. The lowest BCUT2D eigenvalue weighted by Gasteiger charge is -2.14. The third-order valence-corrected chi connectivity index (χ3v) is 2.53. The monoisotopic (exact) mass is 262 g/mol. The minimum Gasteiger partial charge on any atom is -0.478 e. The highest BCUT2D eigenvalue weighted by Crippen LogP contribution is 2.24. The summed E-state index contributed by atoms with van der Waals surface area (Å²) < 4.78 is 15.4. The molecule has 1 heterocycles. The van der Waals surface area contributed by atoms with Gasteiger partial charge in [-0.25, -0.2) is 9.59 Å². The molecule has 0 aliphatic rings. The fourth-order valence-electron chi connectivity index (χ4n) is 1.68. The molecule has 5 heteroatoms. The second-order valence-electron chi connectivity index (χ2n) is 3.94. The van der Waals surface area contributed by atoms with Crippen molar-refractivity contribution in [3.8, 4) is 5.75 Å². The third-order valence-electron chi connectivity index (χ3n) is 2.53. The van der Waals surface area contributed by atoms with Crippen LogP contribution in [0.2, 0.25) is 0 Å². The maximum atomic E-state index is 11.5. The van der Waals surface area contributed by atoms with E-state index in [1.54, 1.807) is 38.1 Å². The van der Waals surface area contributed by atoms with Crippen molar-refractivity contribution in [2.45, 2.75) is 20.0 Å². The van der Waals surface area contributed by atoms with Crippen LogP contribution in [0.5, 0.6) is 5.75 Å². The van der Waals surface area contributed by atoms with Crippen molar-refractivity contribution in [2.75, 3.05) is 6.61 Å². The smallest absolute Gasteiger partial charge is 0.347 e. The first-order valence-corrected chi connectivity index (χ1v) is 5.98. The Kier molecular flexibility index (Phi) is 3.85. The molecule has 2 rings (SSSR count). The second-order valence-corrected chi connectivity index (χ2v) is 3.94. The van der Waals surface area contributed by atoms with Gasteiger partial charge in [-0.3, -0.25) is 0 Å². The molecule has 2 aromatic rings. The van der Waals surface area contributed by atoms with Gasteiger partial charge in [0.25, 0.3) is 0 Å². The third kappa shape index (κ3) is 2.93. The number of para-hydroxylation sites is 1. The van der Waals surface area contributed by atoms with Crippen LogP contribution >= 0.6 is 0 Å². The van der Waals surface area contributed by atoms with Crippen molar-refractivity contribution in [3.63, 3.8) is 0 Å². The van der Waals surface area contributed by atoms with Gasteiger partial charge in [-0.2, -0.15) is 0 Å². The molecule has 1 aromatic heterocycles. The molecule has 0 saturated heterocycles. The molecule has 0 spiro atoms. The van der Waals surface area contributed by atoms with E-state index >= 15 is 0 Å². The summed E-state index contributed by atoms with van der Waals surface area (Å²) in [4.78, 5) is 22.9. The maximum Gasteiger partial charge on any atom is 0.347 e. The van der Waals surface area contributed by atoms with Gasteiger partial charge in [0, 0.05) is 0 Å². The molecular formula is C14H14O5. The molecule has 0 saturated carbocycles. The van der Waals surface area contributed by atoms with E-state index in [0.29, 0.717) is 16.7 Å². The normalized spacial score (nSPS) is 12.1. The predicted molar refractivity (Wildman–Crippen MR) is 69.2 cm³/mol. The first-order valence-electron chi connectivity index (χ1n) is 5.98. The predicted octanol–water partition coefficient (Wildman–Crippen LogP) is 2.12. The zero-order valence-corrected chi connectivity index (χ0v) is 10.7. The van der Waals surface area contributed by atoms with Crippen molar-refractivity contribution >= 4 is 16.9 Å². The van der Waals surface area contributed by atoms with Gasteiger partial charge in [-0.1, -0.05) is 12.1 Å². The van der Waals surface area contributed by atoms with Gasteiger partial charge >= 0.3 is 11.6 Å². The lowest BCUT2D eigenvalue weighted by Crippen LogP contribution is -2.26. The van der Waals surface area contributed by atoms with E-state index in [1.807, 2.05) is 0 Å². The first-order chi connectivity index (χ1) is 9.11. The van der Waals surface area contributed by atoms with Gasteiger partial charge in [0.15, 0.2) is 6.10 Å². The van der Waals surface area contributed by atoms with Crippen molar-refractivity contribution in [2.24, 2.45) is 0 Å². The zero-order valence-electron chi connectivity index (χ0n) is 10.7. The Labute approximate surface area is 109 Å². The van der Waals surface area contributed by atoms with Crippen molar-refractivity contribution in [1.29, 1.82) is 0 Å². The van der Waals surface area contributed by atoms with Gasteiger partial charge in [-0.15, -0.1) is 0 Å². The topological polar surface area (TPSA) is 65.7 Å². The summed E-state index contributed by atoms with van der Waals surface area (Å²) in [5.74, 6) is -0.160. The number of rotatable bonds is 4. The molecule has 0 bridgehead atoms. The summed E-state index contributed by atoms with van der Waals surface area (Å²) in [7, 11) is 0. The zero-order chi connectivity index (χ0) is 13.8. The lowest BCUT2D eigenvalue weighted by molar-refractivity contribution is -0.150. The number of benzene rings is 1. The fourth-order valence-corrected chi connectivity index (χ4v) is 1.68. The molecule has 1 aromatic carbocycles. The number of ether oxygens (including phenoxy) is 2. The number of fused-ring (bicyclic) bond motifs is 1. The lowest BCUT2D eigenvalue weighted by atomic mass is 10.2. The Morgan fingerprint density at radius 2 is 2.11 bits per heavy atom. The number of hydrogen-bond acceptors (Lipinski definition) is 5. The number of esters is 1. The number of hydrogen-bond donors (Lipinski definition) is 0. The average Bonchev–Trinajstić information content (AvgIpc) is 2.38. The quantitative estimate of drug-likeness (QED) is 0.623. The number of carbonyl (C=O) groups excluding carboxylic acids is 1. The van der Waals surface area contributed by atoms with Crippen molar-refractivity contribution < 1.29 is 18.7 Å². The van der Waals surface area contributed by atoms with Crippen LogP contribution in [-0.4, -0.2) is 18.7 Å². The molecule has 1 atom stereocenters. The summed E-state index contributed by atoms with van der Waals surface area (Å²) in [6.07, 6.45) is -0.787.